The molecule has 1 saturated heterocycles. The summed E-state index contributed by atoms with van der Waals surface area (Å²) in [6, 6.07) is 0. The van der Waals surface area contributed by atoms with Crippen molar-refractivity contribution >= 4 is 5.91 Å². The molecule has 2 atom stereocenters. The third-order valence-electron chi connectivity index (χ3n) is 3.80. The van der Waals surface area contributed by atoms with Crippen LogP contribution in [0.1, 0.15) is 33.6 Å². The molecule has 0 spiro atoms. The first-order valence-electron chi connectivity index (χ1n) is 6.09. The van der Waals surface area contributed by atoms with Gasteiger partial charge in [-0.05, 0) is 32.6 Å². The van der Waals surface area contributed by atoms with E-state index in [2.05, 4.69) is 0 Å². The largest absolute Gasteiger partial charge is 0.387 e. The number of allylic oxidation sites excluding steroid dienone is 1. The smallest absolute Gasteiger partial charge is 0.246 e. The van der Waals surface area contributed by atoms with Crippen LogP contribution < -0.4 is 0 Å². The van der Waals surface area contributed by atoms with Gasteiger partial charge in [0.2, 0.25) is 5.91 Å². The highest BCUT2D eigenvalue weighted by Gasteiger charge is 2.53. The van der Waals surface area contributed by atoms with E-state index in [1.807, 2.05) is 20.8 Å². The number of β-amino-alcohol motifs (C(OH)–C–C–N with tert-alkyl or cyclic N) is 1. The van der Waals surface area contributed by atoms with Crippen LogP contribution in [0.2, 0.25) is 0 Å². The Labute approximate surface area is 97.1 Å². The Kier molecular flexibility index (Phi) is 2.82. The van der Waals surface area contributed by atoms with E-state index in [9.17, 15) is 9.90 Å². The molecule has 0 unspecified atom stereocenters. The number of amides is 1. The summed E-state index contributed by atoms with van der Waals surface area (Å²) in [6.45, 7) is 7.10. The third-order valence-corrected chi connectivity index (χ3v) is 3.80. The average Bonchev–Trinajstić information content (AvgIpc) is 2.95. The molecule has 1 aliphatic heterocycles. The number of rotatable bonds is 2. The molecule has 1 N–H and O–H groups in total. The van der Waals surface area contributed by atoms with Crippen LogP contribution in [0.3, 0.4) is 0 Å². The lowest BCUT2D eigenvalue weighted by Crippen LogP contribution is -2.40. The average molecular weight is 223 g/mol. The van der Waals surface area contributed by atoms with E-state index in [1.54, 1.807) is 11.0 Å². The minimum atomic E-state index is -0.620. The lowest BCUT2D eigenvalue weighted by Gasteiger charge is -2.26. The first kappa shape index (κ1) is 11.6. The summed E-state index contributed by atoms with van der Waals surface area (Å²) in [7, 11) is 0. The zero-order chi connectivity index (χ0) is 11.9. The van der Waals surface area contributed by atoms with Gasteiger partial charge in [-0.3, -0.25) is 4.79 Å². The number of hydrogen-bond acceptors (Lipinski definition) is 2. The lowest BCUT2D eigenvalue weighted by atomic mass is 9.88. The van der Waals surface area contributed by atoms with Gasteiger partial charge in [-0.25, -0.2) is 0 Å². The molecule has 2 aliphatic rings. The maximum atomic E-state index is 11.9. The standard InChI is InChI=1S/C13H21NO2/c1-9(2)6-12(15)14-7-10(3)13(16,8-14)11-4-5-11/h6,10-11,16H,4-5,7-8H2,1-3H3/t10-,13+/m1/s1. The maximum absolute atomic E-state index is 11.9. The molecule has 0 aromatic rings. The fourth-order valence-electron chi connectivity index (χ4n) is 2.64. The van der Waals surface area contributed by atoms with Crippen molar-refractivity contribution in [1.29, 1.82) is 0 Å². The van der Waals surface area contributed by atoms with Gasteiger partial charge >= 0.3 is 0 Å². The zero-order valence-corrected chi connectivity index (χ0v) is 10.4. The Morgan fingerprint density at radius 1 is 1.44 bits per heavy atom. The molecule has 1 heterocycles. The van der Waals surface area contributed by atoms with Crippen LogP contribution in [0.25, 0.3) is 0 Å². The molecule has 1 amide bonds. The van der Waals surface area contributed by atoms with Gasteiger partial charge in [0.1, 0.15) is 0 Å². The summed E-state index contributed by atoms with van der Waals surface area (Å²) < 4.78 is 0. The maximum Gasteiger partial charge on any atom is 0.246 e. The SMILES string of the molecule is CC(C)=CC(=O)N1C[C@@H](C)[C@](O)(C2CC2)C1. The van der Waals surface area contributed by atoms with Gasteiger partial charge in [-0.2, -0.15) is 0 Å². The van der Waals surface area contributed by atoms with Crippen LogP contribution >= 0.6 is 0 Å². The lowest BCUT2D eigenvalue weighted by molar-refractivity contribution is -0.126. The minimum absolute atomic E-state index is 0.0448. The first-order chi connectivity index (χ1) is 7.43. The van der Waals surface area contributed by atoms with Gasteiger partial charge in [-0.15, -0.1) is 0 Å². The van der Waals surface area contributed by atoms with Crippen molar-refractivity contribution in [3.63, 3.8) is 0 Å². The zero-order valence-electron chi connectivity index (χ0n) is 10.4. The summed E-state index contributed by atoms with van der Waals surface area (Å²) in [5.74, 6) is 0.671. The van der Waals surface area contributed by atoms with Crippen molar-refractivity contribution in [3.05, 3.63) is 11.6 Å². The normalized spacial score (nSPS) is 34.0. The van der Waals surface area contributed by atoms with E-state index in [1.165, 1.54) is 0 Å². The summed E-state index contributed by atoms with van der Waals surface area (Å²) >= 11 is 0. The van der Waals surface area contributed by atoms with E-state index >= 15 is 0 Å². The van der Waals surface area contributed by atoms with Crippen LogP contribution in [-0.4, -0.2) is 34.6 Å². The van der Waals surface area contributed by atoms with E-state index in [0.29, 0.717) is 19.0 Å². The molecule has 0 aromatic carbocycles. The van der Waals surface area contributed by atoms with Crippen LogP contribution in [-0.2, 0) is 4.79 Å². The molecule has 2 rings (SSSR count). The van der Waals surface area contributed by atoms with E-state index in [-0.39, 0.29) is 11.8 Å². The molecule has 0 bridgehead atoms. The Bertz CT molecular complexity index is 329. The minimum Gasteiger partial charge on any atom is -0.387 e. The van der Waals surface area contributed by atoms with Gasteiger partial charge in [0.25, 0.3) is 0 Å². The highest BCUT2D eigenvalue weighted by molar-refractivity contribution is 5.88. The fraction of sp³-hybridized carbons (Fsp3) is 0.769. The van der Waals surface area contributed by atoms with Crippen LogP contribution in [0.4, 0.5) is 0 Å². The van der Waals surface area contributed by atoms with Gasteiger partial charge in [0.05, 0.1) is 12.1 Å². The third kappa shape index (κ3) is 2.01. The molecule has 0 aromatic heterocycles. The van der Waals surface area contributed by atoms with Gasteiger partial charge in [0, 0.05) is 18.5 Å². The van der Waals surface area contributed by atoms with E-state index in [0.717, 1.165) is 18.4 Å². The summed E-state index contributed by atoms with van der Waals surface area (Å²) in [5.41, 5.74) is 0.394. The van der Waals surface area contributed by atoms with Gasteiger partial charge < -0.3 is 10.0 Å². The van der Waals surface area contributed by atoms with Crippen molar-refractivity contribution in [2.45, 2.75) is 39.2 Å². The van der Waals surface area contributed by atoms with Crippen molar-refractivity contribution in [2.24, 2.45) is 11.8 Å². The van der Waals surface area contributed by atoms with Crippen molar-refractivity contribution in [1.82, 2.24) is 4.90 Å². The molecule has 1 aliphatic carbocycles. The quantitative estimate of drug-likeness (QED) is 0.722. The van der Waals surface area contributed by atoms with Crippen molar-refractivity contribution in [2.75, 3.05) is 13.1 Å². The second-order valence-corrected chi connectivity index (χ2v) is 5.61. The molecular weight excluding hydrogens is 202 g/mol. The molecule has 16 heavy (non-hydrogen) atoms. The summed E-state index contributed by atoms with van der Waals surface area (Å²) in [6.07, 6.45) is 3.89. The Morgan fingerprint density at radius 3 is 2.56 bits per heavy atom. The molecule has 90 valence electrons. The Morgan fingerprint density at radius 2 is 2.06 bits per heavy atom. The topological polar surface area (TPSA) is 40.5 Å². The van der Waals surface area contributed by atoms with Gasteiger partial charge in [-0.1, -0.05) is 12.5 Å². The predicted octanol–water partition coefficient (Wildman–Crippen LogP) is 1.57. The van der Waals surface area contributed by atoms with Crippen LogP contribution in [0.5, 0.6) is 0 Å². The molecular formula is C13H21NO2. The predicted molar refractivity (Wildman–Crippen MR) is 62.8 cm³/mol. The molecule has 2 fully saturated rings. The van der Waals surface area contributed by atoms with E-state index in [4.69, 9.17) is 0 Å². The Hall–Kier alpha value is -0.830. The van der Waals surface area contributed by atoms with Crippen molar-refractivity contribution in [3.8, 4) is 0 Å². The van der Waals surface area contributed by atoms with Crippen molar-refractivity contribution < 1.29 is 9.90 Å². The van der Waals surface area contributed by atoms with Crippen LogP contribution in [0, 0.1) is 11.8 Å². The molecule has 0 radical (unpaired) electrons. The second-order valence-electron chi connectivity index (χ2n) is 5.61. The summed E-state index contributed by atoms with van der Waals surface area (Å²) in [5, 5.41) is 10.5. The molecule has 3 nitrogen and oxygen atoms in total. The highest BCUT2D eigenvalue weighted by atomic mass is 16.3. The number of hydrogen-bond donors (Lipinski definition) is 1. The number of carbonyl (C=O) groups excluding carboxylic acids is 1. The highest BCUT2D eigenvalue weighted by Crippen LogP contribution is 2.46. The number of likely N-dealkylation sites (tertiary alicyclic amines) is 1. The number of nitrogens with zero attached hydrogens (tertiary/aromatic N) is 1. The summed E-state index contributed by atoms with van der Waals surface area (Å²) in [4.78, 5) is 13.7. The molecule has 3 heteroatoms. The Balaban J connectivity index is 2.06. The number of carbonyl (C=O) groups is 1. The van der Waals surface area contributed by atoms with Gasteiger partial charge in [0.15, 0.2) is 0 Å². The van der Waals surface area contributed by atoms with E-state index < -0.39 is 5.60 Å². The fourth-order valence-corrected chi connectivity index (χ4v) is 2.64. The van der Waals surface area contributed by atoms with Crippen LogP contribution in [0.15, 0.2) is 11.6 Å². The second kappa shape index (κ2) is 3.88. The monoisotopic (exact) mass is 223 g/mol. The number of aliphatic hydroxyl groups is 1. The first-order valence-corrected chi connectivity index (χ1v) is 6.09. The molecule has 1 saturated carbocycles.